The van der Waals surface area contributed by atoms with E-state index in [1.807, 2.05) is 105 Å². The second kappa shape index (κ2) is 14.1. The number of hydrogen-bond donors (Lipinski definition) is 2. The first-order valence-corrected chi connectivity index (χ1v) is 14.0. The smallest absolute Gasteiger partial charge is 0.348 e. The third kappa shape index (κ3) is 9.03. The van der Waals surface area contributed by atoms with Crippen molar-refractivity contribution in [3.05, 3.63) is 108 Å². The van der Waals surface area contributed by atoms with Crippen LogP contribution in [0.3, 0.4) is 0 Å². The van der Waals surface area contributed by atoms with E-state index in [2.05, 4.69) is 5.32 Å². The average molecular weight is 510 g/mol. The van der Waals surface area contributed by atoms with Crippen molar-refractivity contribution in [1.29, 1.82) is 0 Å². The Morgan fingerprint density at radius 1 is 0.806 bits per heavy atom. The standard InChI is InChI=1S/C29H36NO5P/c1-23(2)20-27(29(31)32)30-28(19-18-24-12-6-3-7-13-24)36(33,34-21-25-14-8-4-9-15-25)35-22-26-16-10-5-11-17-26/h3-17,23,27-28,30H,18-22H2,1-2H3,(H,31,32)/t27-,28?/m0/s1. The van der Waals surface area contributed by atoms with Gasteiger partial charge in [-0.2, -0.15) is 0 Å². The van der Waals surface area contributed by atoms with Crippen LogP contribution < -0.4 is 5.32 Å². The van der Waals surface area contributed by atoms with Gasteiger partial charge in [-0.25, -0.2) is 0 Å². The predicted octanol–water partition coefficient (Wildman–Crippen LogP) is 6.66. The summed E-state index contributed by atoms with van der Waals surface area (Å²) in [5.74, 6) is -1.64. The summed E-state index contributed by atoms with van der Waals surface area (Å²) in [6.07, 6.45) is 1.39. The first kappa shape index (κ1) is 27.8. The summed E-state index contributed by atoms with van der Waals surface area (Å²) in [7, 11) is -3.81. The number of carboxylic acids is 1. The zero-order valence-corrected chi connectivity index (χ0v) is 21.8. The largest absolute Gasteiger partial charge is 0.480 e. The summed E-state index contributed by atoms with van der Waals surface area (Å²) < 4.78 is 26.5. The molecule has 0 aromatic heterocycles. The molecular formula is C29H36NO5P. The lowest BCUT2D eigenvalue weighted by Crippen LogP contribution is -2.44. The normalized spacial score (nSPS) is 13.4. The molecule has 0 fully saturated rings. The molecule has 0 aliphatic carbocycles. The van der Waals surface area contributed by atoms with Gasteiger partial charge in [0.05, 0.1) is 13.2 Å². The number of benzene rings is 3. The summed E-state index contributed by atoms with van der Waals surface area (Å²) in [4.78, 5) is 12.1. The number of nitrogens with one attached hydrogen (secondary N) is 1. The minimum Gasteiger partial charge on any atom is -0.480 e. The molecule has 0 radical (unpaired) electrons. The zero-order chi connectivity index (χ0) is 25.8. The van der Waals surface area contributed by atoms with Crippen molar-refractivity contribution in [2.24, 2.45) is 5.92 Å². The van der Waals surface area contributed by atoms with Crippen molar-refractivity contribution in [3.63, 3.8) is 0 Å². The summed E-state index contributed by atoms with van der Waals surface area (Å²) in [6, 6.07) is 27.9. The van der Waals surface area contributed by atoms with E-state index < -0.39 is 25.4 Å². The molecule has 0 aliphatic heterocycles. The van der Waals surface area contributed by atoms with Gasteiger partial charge in [-0.1, -0.05) is 105 Å². The van der Waals surface area contributed by atoms with E-state index in [9.17, 15) is 14.5 Å². The molecule has 0 saturated carbocycles. The molecule has 36 heavy (non-hydrogen) atoms. The maximum absolute atomic E-state index is 14.4. The first-order chi connectivity index (χ1) is 17.4. The second-order valence-electron chi connectivity index (χ2n) is 9.29. The van der Waals surface area contributed by atoms with Gasteiger partial charge in [0.15, 0.2) is 0 Å². The topological polar surface area (TPSA) is 84.9 Å². The van der Waals surface area contributed by atoms with E-state index in [1.54, 1.807) is 0 Å². The van der Waals surface area contributed by atoms with Crippen molar-refractivity contribution in [3.8, 4) is 0 Å². The molecule has 1 unspecified atom stereocenters. The Kier molecular flexibility index (Phi) is 10.9. The highest BCUT2D eigenvalue weighted by atomic mass is 31.2. The minimum absolute atomic E-state index is 0.0956. The van der Waals surface area contributed by atoms with Crippen LogP contribution in [0, 0.1) is 5.92 Å². The van der Waals surface area contributed by atoms with Gasteiger partial charge in [-0.15, -0.1) is 0 Å². The SMILES string of the molecule is CC(C)C[C@H](NC(CCc1ccccc1)P(=O)(OCc1ccccc1)OCc1ccccc1)C(=O)O. The van der Waals surface area contributed by atoms with Gasteiger partial charge in [0.2, 0.25) is 0 Å². The third-order valence-corrected chi connectivity index (χ3v) is 7.99. The van der Waals surface area contributed by atoms with Crippen LogP contribution in [0.5, 0.6) is 0 Å². The van der Waals surface area contributed by atoms with Gasteiger partial charge >= 0.3 is 13.6 Å². The van der Waals surface area contributed by atoms with E-state index >= 15 is 0 Å². The fraction of sp³-hybridized carbons (Fsp3) is 0.345. The highest BCUT2D eigenvalue weighted by Gasteiger charge is 2.39. The van der Waals surface area contributed by atoms with Crippen molar-refractivity contribution in [1.82, 2.24) is 5.32 Å². The Hall–Kier alpha value is -2.76. The Morgan fingerprint density at radius 2 is 1.25 bits per heavy atom. The molecule has 3 aromatic rings. The van der Waals surface area contributed by atoms with Gasteiger partial charge in [0.1, 0.15) is 11.8 Å². The molecule has 2 N–H and O–H groups in total. The van der Waals surface area contributed by atoms with Gasteiger partial charge in [0.25, 0.3) is 0 Å². The van der Waals surface area contributed by atoms with Crippen LogP contribution >= 0.6 is 7.60 Å². The van der Waals surface area contributed by atoms with E-state index in [0.29, 0.717) is 19.3 Å². The lowest BCUT2D eigenvalue weighted by Gasteiger charge is -2.31. The molecule has 0 bridgehead atoms. The van der Waals surface area contributed by atoms with Gasteiger partial charge in [-0.05, 0) is 41.9 Å². The number of hydrogen-bond acceptors (Lipinski definition) is 5. The maximum Gasteiger partial charge on any atom is 0.348 e. The van der Waals surface area contributed by atoms with Crippen molar-refractivity contribution in [2.45, 2.75) is 58.1 Å². The van der Waals surface area contributed by atoms with Gasteiger partial charge < -0.3 is 14.2 Å². The molecule has 0 saturated heterocycles. The molecule has 192 valence electrons. The van der Waals surface area contributed by atoms with Crippen LogP contribution in [0.15, 0.2) is 91.0 Å². The van der Waals surface area contributed by atoms with Crippen LogP contribution in [-0.4, -0.2) is 22.9 Å². The summed E-state index contributed by atoms with van der Waals surface area (Å²) in [5.41, 5.74) is 2.79. The number of carbonyl (C=O) groups is 1. The number of carboxylic acid groups (broad SMARTS) is 1. The van der Waals surface area contributed by atoms with E-state index in [0.717, 1.165) is 16.7 Å². The summed E-state index contributed by atoms with van der Waals surface area (Å²) >= 11 is 0. The molecule has 0 spiro atoms. The van der Waals surface area contributed by atoms with E-state index in [4.69, 9.17) is 9.05 Å². The molecule has 7 heteroatoms. The number of aryl methyl sites for hydroxylation is 1. The van der Waals surface area contributed by atoms with Crippen LogP contribution in [0.25, 0.3) is 0 Å². The monoisotopic (exact) mass is 509 g/mol. The van der Waals surface area contributed by atoms with Crippen molar-refractivity contribution in [2.75, 3.05) is 0 Å². The lowest BCUT2D eigenvalue weighted by molar-refractivity contribution is -0.140. The second-order valence-corrected chi connectivity index (χ2v) is 11.5. The Morgan fingerprint density at radius 3 is 1.67 bits per heavy atom. The highest BCUT2D eigenvalue weighted by Crippen LogP contribution is 2.55. The van der Waals surface area contributed by atoms with Crippen LogP contribution in [0.4, 0.5) is 0 Å². The van der Waals surface area contributed by atoms with Crippen molar-refractivity contribution >= 4 is 13.6 Å². The van der Waals surface area contributed by atoms with Crippen molar-refractivity contribution < 1.29 is 23.5 Å². The third-order valence-electron chi connectivity index (χ3n) is 5.84. The first-order valence-electron chi connectivity index (χ1n) is 12.3. The van der Waals surface area contributed by atoms with Gasteiger partial charge in [0, 0.05) is 0 Å². The average Bonchev–Trinajstić information content (AvgIpc) is 2.89. The Labute approximate surface area is 214 Å². The fourth-order valence-electron chi connectivity index (χ4n) is 3.92. The quantitative estimate of drug-likeness (QED) is 0.223. The number of aliphatic carboxylic acids is 1. The molecule has 0 heterocycles. The summed E-state index contributed by atoms with van der Waals surface area (Å²) in [6.45, 7) is 4.12. The molecule has 6 nitrogen and oxygen atoms in total. The molecule has 3 rings (SSSR count). The minimum atomic E-state index is -3.81. The Bertz CT molecular complexity index is 1040. The number of rotatable bonds is 15. The van der Waals surface area contributed by atoms with Crippen LogP contribution in [-0.2, 0) is 38.0 Å². The molecule has 3 aromatic carbocycles. The lowest BCUT2D eigenvalue weighted by atomic mass is 10.0. The van der Waals surface area contributed by atoms with E-state index in [-0.39, 0.29) is 19.1 Å². The van der Waals surface area contributed by atoms with E-state index in [1.165, 1.54) is 0 Å². The molecular weight excluding hydrogens is 473 g/mol. The highest BCUT2D eigenvalue weighted by molar-refractivity contribution is 7.54. The fourth-order valence-corrected chi connectivity index (χ4v) is 5.82. The van der Waals surface area contributed by atoms with Crippen LogP contribution in [0.1, 0.15) is 43.4 Å². The summed E-state index contributed by atoms with van der Waals surface area (Å²) in [5, 5.41) is 13.1. The molecule has 0 amide bonds. The zero-order valence-electron chi connectivity index (χ0n) is 21.0. The predicted molar refractivity (Wildman–Crippen MR) is 143 cm³/mol. The Balaban J connectivity index is 1.89. The molecule has 0 aliphatic rings. The molecule has 2 atom stereocenters. The van der Waals surface area contributed by atoms with Crippen LogP contribution in [0.2, 0.25) is 0 Å². The maximum atomic E-state index is 14.4. The van der Waals surface area contributed by atoms with Gasteiger partial charge in [-0.3, -0.25) is 14.7 Å².